The van der Waals surface area contributed by atoms with Crippen LogP contribution >= 0.6 is 27.3 Å². The highest BCUT2D eigenvalue weighted by molar-refractivity contribution is 9.11. The number of nitrogens with one attached hydrogen (secondary N) is 1. The van der Waals surface area contributed by atoms with Gasteiger partial charge in [0.2, 0.25) is 0 Å². The van der Waals surface area contributed by atoms with Crippen LogP contribution < -0.4 is 5.32 Å². The van der Waals surface area contributed by atoms with Gasteiger partial charge in [0.25, 0.3) is 0 Å². The third-order valence-corrected chi connectivity index (χ3v) is 4.70. The monoisotopic (exact) mass is 341 g/mol. The van der Waals surface area contributed by atoms with Crippen LogP contribution in [0.4, 0.5) is 0 Å². The van der Waals surface area contributed by atoms with Crippen LogP contribution in [-0.4, -0.2) is 6.54 Å². The van der Waals surface area contributed by atoms with Crippen molar-refractivity contribution >= 4 is 27.3 Å². The number of aryl methyl sites for hydroxylation is 1. The van der Waals surface area contributed by atoms with Gasteiger partial charge in [0, 0.05) is 17.7 Å². The molecule has 19 heavy (non-hydrogen) atoms. The van der Waals surface area contributed by atoms with E-state index in [0.29, 0.717) is 0 Å². The molecule has 0 saturated heterocycles. The predicted octanol–water partition coefficient (Wildman–Crippen LogP) is 4.95. The predicted molar refractivity (Wildman–Crippen MR) is 84.8 cm³/mol. The molecule has 0 spiro atoms. The molecule has 104 valence electrons. The molecule has 2 aromatic rings. The molecule has 0 aromatic carbocycles. The van der Waals surface area contributed by atoms with E-state index in [-0.39, 0.29) is 6.04 Å². The van der Waals surface area contributed by atoms with E-state index in [1.54, 1.807) is 11.3 Å². The van der Waals surface area contributed by atoms with E-state index in [1.165, 1.54) is 8.66 Å². The highest BCUT2D eigenvalue weighted by Crippen LogP contribution is 2.28. The quantitative estimate of drug-likeness (QED) is 0.770. The highest BCUT2D eigenvalue weighted by atomic mass is 79.9. The van der Waals surface area contributed by atoms with Crippen molar-refractivity contribution in [3.05, 3.63) is 44.4 Å². The van der Waals surface area contributed by atoms with Crippen LogP contribution in [0.5, 0.6) is 0 Å². The summed E-state index contributed by atoms with van der Waals surface area (Å²) >= 11 is 5.31. The Bertz CT molecular complexity index is 506. The van der Waals surface area contributed by atoms with E-state index in [2.05, 4.69) is 59.4 Å². The van der Waals surface area contributed by atoms with Crippen molar-refractivity contribution in [2.45, 2.75) is 39.2 Å². The van der Waals surface area contributed by atoms with E-state index in [1.807, 2.05) is 0 Å². The van der Waals surface area contributed by atoms with Crippen LogP contribution in [0, 0.1) is 0 Å². The topological polar surface area (TPSA) is 25.2 Å². The summed E-state index contributed by atoms with van der Waals surface area (Å²) in [6.07, 6.45) is 3.06. The van der Waals surface area contributed by atoms with Gasteiger partial charge in [0.1, 0.15) is 11.5 Å². The third-order valence-electron chi connectivity index (χ3n) is 3.05. The molecule has 0 bridgehead atoms. The summed E-state index contributed by atoms with van der Waals surface area (Å²) < 4.78 is 7.09. The summed E-state index contributed by atoms with van der Waals surface area (Å²) in [7, 11) is 0. The molecular formula is C15H20BrNOS. The summed E-state index contributed by atoms with van der Waals surface area (Å²) in [5.74, 6) is 2.11. The normalized spacial score (nSPS) is 12.8. The van der Waals surface area contributed by atoms with Crippen LogP contribution in [-0.2, 0) is 12.8 Å². The van der Waals surface area contributed by atoms with E-state index in [0.717, 1.165) is 37.3 Å². The first-order chi connectivity index (χ1) is 9.22. The van der Waals surface area contributed by atoms with Gasteiger partial charge >= 0.3 is 0 Å². The SMILES string of the molecule is CCCNC(Cc1ccc(Br)s1)c1ccc(CC)o1. The van der Waals surface area contributed by atoms with Crippen LogP contribution in [0.15, 0.2) is 32.5 Å². The van der Waals surface area contributed by atoms with Gasteiger partial charge in [-0.05, 0) is 53.2 Å². The summed E-state index contributed by atoms with van der Waals surface area (Å²) in [6.45, 7) is 5.32. The maximum Gasteiger partial charge on any atom is 0.121 e. The van der Waals surface area contributed by atoms with Gasteiger partial charge in [-0.1, -0.05) is 13.8 Å². The maximum absolute atomic E-state index is 5.90. The number of thiophene rings is 1. The van der Waals surface area contributed by atoms with Crippen molar-refractivity contribution in [1.82, 2.24) is 5.32 Å². The minimum absolute atomic E-state index is 0.269. The lowest BCUT2D eigenvalue weighted by molar-refractivity contribution is 0.393. The van der Waals surface area contributed by atoms with Crippen molar-refractivity contribution < 1.29 is 4.42 Å². The molecule has 2 aromatic heterocycles. The van der Waals surface area contributed by atoms with E-state index >= 15 is 0 Å². The van der Waals surface area contributed by atoms with Gasteiger partial charge in [-0.25, -0.2) is 0 Å². The van der Waals surface area contributed by atoms with Gasteiger partial charge in [0.15, 0.2) is 0 Å². The molecule has 0 aliphatic heterocycles. The molecule has 2 rings (SSSR count). The molecule has 2 heterocycles. The number of rotatable bonds is 7. The second-order valence-electron chi connectivity index (χ2n) is 4.57. The second kappa shape index (κ2) is 7.27. The maximum atomic E-state index is 5.90. The molecule has 0 saturated carbocycles. The number of halogens is 1. The first kappa shape index (κ1) is 14.8. The molecule has 0 fully saturated rings. The first-order valence-corrected chi connectivity index (χ1v) is 8.40. The second-order valence-corrected chi connectivity index (χ2v) is 7.12. The lowest BCUT2D eigenvalue weighted by atomic mass is 10.1. The molecule has 4 heteroatoms. The van der Waals surface area contributed by atoms with Crippen LogP contribution in [0.25, 0.3) is 0 Å². The van der Waals surface area contributed by atoms with Crippen LogP contribution in [0.1, 0.15) is 42.7 Å². The van der Waals surface area contributed by atoms with E-state index < -0.39 is 0 Å². The molecular weight excluding hydrogens is 322 g/mol. The lowest BCUT2D eigenvalue weighted by Crippen LogP contribution is -2.23. The number of furan rings is 1. The van der Waals surface area contributed by atoms with E-state index in [4.69, 9.17) is 4.42 Å². The molecule has 0 aliphatic rings. The fourth-order valence-corrected chi connectivity index (χ4v) is 3.55. The summed E-state index contributed by atoms with van der Waals surface area (Å²) in [6, 6.07) is 8.75. The molecule has 0 radical (unpaired) electrons. The Hall–Kier alpha value is -0.580. The Balaban J connectivity index is 2.10. The highest BCUT2D eigenvalue weighted by Gasteiger charge is 2.16. The summed E-state index contributed by atoms with van der Waals surface area (Å²) in [4.78, 5) is 1.37. The Morgan fingerprint density at radius 1 is 1.26 bits per heavy atom. The van der Waals surface area contributed by atoms with Crippen LogP contribution in [0.3, 0.4) is 0 Å². The zero-order valence-corrected chi connectivity index (χ0v) is 13.8. The van der Waals surface area contributed by atoms with Crippen molar-refractivity contribution in [3.63, 3.8) is 0 Å². The van der Waals surface area contributed by atoms with Crippen molar-refractivity contribution in [2.75, 3.05) is 6.54 Å². The van der Waals surface area contributed by atoms with Gasteiger partial charge < -0.3 is 9.73 Å². The summed E-state index contributed by atoms with van der Waals surface area (Å²) in [5, 5.41) is 3.58. The number of hydrogen-bond donors (Lipinski definition) is 1. The van der Waals surface area contributed by atoms with Gasteiger partial charge in [-0.15, -0.1) is 11.3 Å². The Labute approximate surface area is 127 Å². The Kier molecular flexibility index (Phi) is 5.67. The fraction of sp³-hybridized carbons (Fsp3) is 0.467. The molecule has 1 N–H and O–H groups in total. The smallest absolute Gasteiger partial charge is 0.121 e. The fourth-order valence-electron chi connectivity index (χ4n) is 2.03. The Morgan fingerprint density at radius 3 is 2.68 bits per heavy atom. The van der Waals surface area contributed by atoms with Gasteiger partial charge in [-0.3, -0.25) is 0 Å². The molecule has 1 atom stereocenters. The minimum atomic E-state index is 0.269. The standard InChI is InChI=1S/C15H20BrNOS/c1-3-9-17-13(10-12-6-8-15(16)19-12)14-7-5-11(4-2)18-14/h5-8,13,17H,3-4,9-10H2,1-2H3. The van der Waals surface area contributed by atoms with Crippen molar-refractivity contribution in [2.24, 2.45) is 0 Å². The summed E-state index contributed by atoms with van der Waals surface area (Å²) in [5.41, 5.74) is 0. The average Bonchev–Trinajstić information content (AvgIpc) is 3.03. The molecule has 1 unspecified atom stereocenters. The van der Waals surface area contributed by atoms with Crippen LogP contribution in [0.2, 0.25) is 0 Å². The lowest BCUT2D eigenvalue weighted by Gasteiger charge is -2.15. The van der Waals surface area contributed by atoms with E-state index in [9.17, 15) is 0 Å². The average molecular weight is 342 g/mol. The Morgan fingerprint density at radius 2 is 2.11 bits per heavy atom. The van der Waals surface area contributed by atoms with Gasteiger partial charge in [-0.2, -0.15) is 0 Å². The zero-order valence-electron chi connectivity index (χ0n) is 11.4. The number of hydrogen-bond acceptors (Lipinski definition) is 3. The van der Waals surface area contributed by atoms with Crippen molar-refractivity contribution in [3.8, 4) is 0 Å². The molecule has 0 aliphatic carbocycles. The largest absolute Gasteiger partial charge is 0.464 e. The molecule has 0 amide bonds. The zero-order chi connectivity index (χ0) is 13.7. The van der Waals surface area contributed by atoms with Gasteiger partial charge in [0.05, 0.1) is 9.83 Å². The molecule has 2 nitrogen and oxygen atoms in total. The minimum Gasteiger partial charge on any atom is -0.464 e. The third kappa shape index (κ3) is 4.20. The van der Waals surface area contributed by atoms with Crippen molar-refractivity contribution in [1.29, 1.82) is 0 Å². The first-order valence-electron chi connectivity index (χ1n) is 6.79.